The average Bonchev–Trinajstić information content (AvgIpc) is 2.02. The Morgan fingerprint density at radius 1 is 1.58 bits per heavy atom. The first-order valence-electron chi connectivity index (χ1n) is 3.56. The van der Waals surface area contributed by atoms with Crippen LogP contribution in [0.4, 0.5) is 0 Å². The number of methoxy groups -OCH3 is 1. The van der Waals surface area contributed by atoms with Crippen LogP contribution < -0.4 is 5.73 Å². The number of likely N-dealkylation sites (N-methyl/N-ethyl adjacent to an activating group) is 1. The fourth-order valence-electron chi connectivity index (χ4n) is 0.684. The van der Waals surface area contributed by atoms with Crippen molar-refractivity contribution in [2.45, 2.75) is 13.0 Å². The van der Waals surface area contributed by atoms with Gasteiger partial charge in [0, 0.05) is 7.05 Å². The van der Waals surface area contributed by atoms with Crippen molar-refractivity contribution in [2.75, 3.05) is 20.7 Å². The highest BCUT2D eigenvalue weighted by Crippen LogP contribution is 1.89. The molecule has 0 aromatic rings. The molecule has 1 atom stereocenters. The first-order valence-corrected chi connectivity index (χ1v) is 3.56. The molecular formula is C7H14N2O3. The second-order valence-corrected chi connectivity index (χ2v) is 2.56. The predicted octanol–water partition coefficient (Wildman–Crippen LogP) is -1.03. The predicted molar refractivity (Wildman–Crippen MR) is 43.3 cm³/mol. The van der Waals surface area contributed by atoms with Crippen LogP contribution in [0.3, 0.4) is 0 Å². The Labute approximate surface area is 71.5 Å². The van der Waals surface area contributed by atoms with Gasteiger partial charge in [-0.15, -0.1) is 0 Å². The molecule has 0 aliphatic heterocycles. The van der Waals surface area contributed by atoms with Gasteiger partial charge in [-0.2, -0.15) is 0 Å². The lowest BCUT2D eigenvalue weighted by molar-refractivity contribution is -0.146. The maximum absolute atomic E-state index is 11.1. The van der Waals surface area contributed by atoms with Gasteiger partial charge in [0.05, 0.1) is 13.2 Å². The highest BCUT2D eigenvalue weighted by atomic mass is 16.5. The van der Waals surface area contributed by atoms with E-state index in [2.05, 4.69) is 4.74 Å². The number of amides is 1. The molecule has 0 unspecified atom stereocenters. The maximum atomic E-state index is 11.1. The zero-order valence-corrected chi connectivity index (χ0v) is 7.53. The molecule has 5 heteroatoms. The molecule has 1 amide bonds. The molecule has 12 heavy (non-hydrogen) atoms. The molecule has 0 aliphatic rings. The number of carbonyl (C=O) groups is 2. The van der Waals surface area contributed by atoms with Gasteiger partial charge < -0.3 is 15.4 Å². The minimum Gasteiger partial charge on any atom is -0.468 e. The summed E-state index contributed by atoms with van der Waals surface area (Å²) in [5.41, 5.74) is 5.31. The first-order chi connectivity index (χ1) is 5.49. The van der Waals surface area contributed by atoms with Crippen LogP contribution in [0.5, 0.6) is 0 Å². The summed E-state index contributed by atoms with van der Waals surface area (Å²) < 4.78 is 4.38. The van der Waals surface area contributed by atoms with E-state index in [1.54, 1.807) is 6.92 Å². The third kappa shape index (κ3) is 3.34. The zero-order chi connectivity index (χ0) is 9.72. The van der Waals surface area contributed by atoms with Crippen molar-refractivity contribution in [1.29, 1.82) is 0 Å². The Kier molecular flexibility index (Phi) is 4.28. The van der Waals surface area contributed by atoms with E-state index in [9.17, 15) is 9.59 Å². The Morgan fingerprint density at radius 3 is 2.42 bits per heavy atom. The van der Waals surface area contributed by atoms with E-state index in [0.29, 0.717) is 0 Å². The first kappa shape index (κ1) is 10.9. The van der Waals surface area contributed by atoms with Gasteiger partial charge in [-0.1, -0.05) is 0 Å². The molecule has 70 valence electrons. The molecule has 0 saturated heterocycles. The van der Waals surface area contributed by atoms with Crippen molar-refractivity contribution in [3.05, 3.63) is 0 Å². The van der Waals surface area contributed by atoms with Gasteiger partial charge in [-0.3, -0.25) is 9.59 Å². The van der Waals surface area contributed by atoms with Crippen molar-refractivity contribution in [3.63, 3.8) is 0 Å². The van der Waals surface area contributed by atoms with E-state index in [-0.39, 0.29) is 12.5 Å². The van der Waals surface area contributed by atoms with Crippen LogP contribution in [0.15, 0.2) is 0 Å². The van der Waals surface area contributed by atoms with Gasteiger partial charge in [-0.05, 0) is 6.92 Å². The molecule has 0 aromatic carbocycles. The number of hydrogen-bond donors (Lipinski definition) is 1. The van der Waals surface area contributed by atoms with Crippen LogP contribution in [-0.4, -0.2) is 43.5 Å². The number of esters is 1. The smallest absolute Gasteiger partial charge is 0.325 e. The number of nitrogens with two attached hydrogens (primary N) is 1. The van der Waals surface area contributed by atoms with Gasteiger partial charge >= 0.3 is 5.97 Å². The molecule has 0 aromatic heterocycles. The summed E-state index contributed by atoms with van der Waals surface area (Å²) in [5, 5.41) is 0. The topological polar surface area (TPSA) is 72.6 Å². The van der Waals surface area contributed by atoms with Crippen molar-refractivity contribution in [3.8, 4) is 0 Å². The van der Waals surface area contributed by atoms with Crippen LogP contribution in [-0.2, 0) is 14.3 Å². The lowest BCUT2D eigenvalue weighted by Crippen LogP contribution is -2.42. The molecule has 0 aliphatic carbocycles. The van der Waals surface area contributed by atoms with Crippen LogP contribution in [0, 0.1) is 0 Å². The van der Waals surface area contributed by atoms with E-state index in [1.165, 1.54) is 19.1 Å². The minimum absolute atomic E-state index is 0.0587. The highest BCUT2D eigenvalue weighted by molar-refractivity contribution is 5.84. The summed E-state index contributed by atoms with van der Waals surface area (Å²) in [5.74, 6) is -0.730. The summed E-state index contributed by atoms with van der Waals surface area (Å²) in [4.78, 5) is 23.0. The summed E-state index contributed by atoms with van der Waals surface area (Å²) in [6.45, 7) is 1.51. The monoisotopic (exact) mass is 174 g/mol. The Hall–Kier alpha value is -1.10. The maximum Gasteiger partial charge on any atom is 0.325 e. The van der Waals surface area contributed by atoms with Crippen LogP contribution in [0.25, 0.3) is 0 Å². The summed E-state index contributed by atoms with van der Waals surface area (Å²) in [6.07, 6.45) is 0. The lowest BCUT2D eigenvalue weighted by Gasteiger charge is -2.17. The van der Waals surface area contributed by atoms with Crippen molar-refractivity contribution in [1.82, 2.24) is 4.90 Å². The van der Waals surface area contributed by atoms with E-state index < -0.39 is 12.0 Å². The minimum atomic E-state index is -0.584. The third-order valence-corrected chi connectivity index (χ3v) is 1.36. The standard InChI is InChI=1S/C7H14N2O3/c1-5(8)7(11)9(2)4-6(10)12-3/h5H,4,8H2,1-3H3/t5-/m1/s1. The van der Waals surface area contributed by atoms with E-state index in [0.717, 1.165) is 0 Å². The number of ether oxygens (including phenoxy) is 1. The number of nitrogens with zero attached hydrogens (tertiary/aromatic N) is 1. The van der Waals surface area contributed by atoms with Crippen molar-refractivity contribution < 1.29 is 14.3 Å². The molecule has 0 rings (SSSR count). The van der Waals surface area contributed by atoms with Gasteiger partial charge in [0.25, 0.3) is 0 Å². The summed E-state index contributed by atoms with van der Waals surface area (Å²) >= 11 is 0. The Balaban J connectivity index is 3.95. The van der Waals surface area contributed by atoms with Crippen LogP contribution >= 0.6 is 0 Å². The second-order valence-electron chi connectivity index (χ2n) is 2.56. The molecule has 0 bridgehead atoms. The number of rotatable bonds is 3. The molecular weight excluding hydrogens is 160 g/mol. The average molecular weight is 174 g/mol. The van der Waals surface area contributed by atoms with Crippen LogP contribution in [0.2, 0.25) is 0 Å². The van der Waals surface area contributed by atoms with Crippen molar-refractivity contribution in [2.24, 2.45) is 5.73 Å². The fourth-order valence-corrected chi connectivity index (χ4v) is 0.684. The van der Waals surface area contributed by atoms with Crippen LogP contribution in [0.1, 0.15) is 6.92 Å². The fraction of sp³-hybridized carbons (Fsp3) is 0.714. The van der Waals surface area contributed by atoms with E-state index in [4.69, 9.17) is 5.73 Å². The molecule has 0 fully saturated rings. The zero-order valence-electron chi connectivity index (χ0n) is 7.53. The molecule has 0 spiro atoms. The van der Waals surface area contributed by atoms with Gasteiger partial charge in [-0.25, -0.2) is 0 Å². The van der Waals surface area contributed by atoms with E-state index >= 15 is 0 Å². The molecule has 0 radical (unpaired) electrons. The molecule has 0 heterocycles. The van der Waals surface area contributed by atoms with Gasteiger partial charge in [0.15, 0.2) is 0 Å². The summed E-state index contributed by atoms with van der Waals surface area (Å²) in [6, 6.07) is -0.584. The Bertz CT molecular complexity index is 179. The third-order valence-electron chi connectivity index (χ3n) is 1.36. The second kappa shape index (κ2) is 4.71. The van der Waals surface area contributed by atoms with E-state index in [1.807, 2.05) is 0 Å². The normalized spacial score (nSPS) is 12.0. The SMILES string of the molecule is COC(=O)CN(C)C(=O)[C@@H](C)N. The molecule has 2 N–H and O–H groups in total. The molecule has 5 nitrogen and oxygen atoms in total. The largest absolute Gasteiger partial charge is 0.468 e. The lowest BCUT2D eigenvalue weighted by atomic mass is 10.3. The number of hydrogen-bond acceptors (Lipinski definition) is 4. The van der Waals surface area contributed by atoms with Gasteiger partial charge in [0.1, 0.15) is 6.54 Å². The van der Waals surface area contributed by atoms with Crippen molar-refractivity contribution >= 4 is 11.9 Å². The van der Waals surface area contributed by atoms with Gasteiger partial charge in [0.2, 0.25) is 5.91 Å². The highest BCUT2D eigenvalue weighted by Gasteiger charge is 2.15. The quantitative estimate of drug-likeness (QED) is 0.555. The molecule has 0 saturated carbocycles. The Morgan fingerprint density at radius 2 is 2.08 bits per heavy atom. The summed E-state index contributed by atoms with van der Waals surface area (Å²) in [7, 11) is 2.77. The number of carbonyl (C=O) groups excluding carboxylic acids is 2.